The molecule has 3 saturated carbocycles. The topological polar surface area (TPSA) is 26.3 Å². The molecule has 3 heteroatoms. The van der Waals surface area contributed by atoms with Gasteiger partial charge in [-0.2, -0.15) is 0 Å². The quantitative estimate of drug-likeness (QED) is 0.663. The Labute approximate surface area is 111 Å². The van der Waals surface area contributed by atoms with Gasteiger partial charge in [0.15, 0.2) is 0 Å². The fourth-order valence-corrected chi connectivity index (χ4v) is 8.01. The standard InChI is InChI=1S/C15H27O2P/c16-18(14-9-3-4-10-14,15-11-5-6-12-15)17-13-7-1-2-8-13/h13-15H,1-12H2. The lowest BCUT2D eigenvalue weighted by atomic mass is 10.3. The van der Waals surface area contributed by atoms with Crippen molar-refractivity contribution in [1.29, 1.82) is 0 Å². The summed E-state index contributed by atoms with van der Waals surface area (Å²) < 4.78 is 19.9. The van der Waals surface area contributed by atoms with Crippen LogP contribution in [0.1, 0.15) is 77.0 Å². The van der Waals surface area contributed by atoms with Crippen molar-refractivity contribution in [3.05, 3.63) is 0 Å². The third-order valence-electron chi connectivity index (χ3n) is 5.28. The van der Waals surface area contributed by atoms with Crippen molar-refractivity contribution in [2.75, 3.05) is 0 Å². The maximum Gasteiger partial charge on any atom is 0.209 e. The SMILES string of the molecule is O=P(OC1CCCC1)(C1CCCC1)C1CCCC1. The fraction of sp³-hybridized carbons (Fsp3) is 1.00. The summed E-state index contributed by atoms with van der Waals surface area (Å²) in [6.07, 6.45) is 15.0. The molecule has 104 valence electrons. The van der Waals surface area contributed by atoms with Gasteiger partial charge >= 0.3 is 0 Å². The van der Waals surface area contributed by atoms with Gasteiger partial charge in [-0.15, -0.1) is 0 Å². The van der Waals surface area contributed by atoms with E-state index in [4.69, 9.17) is 4.52 Å². The molecule has 0 heterocycles. The van der Waals surface area contributed by atoms with Gasteiger partial charge in [-0.3, -0.25) is 4.57 Å². The molecular formula is C15H27O2P. The molecule has 0 unspecified atom stereocenters. The van der Waals surface area contributed by atoms with Gasteiger partial charge in [0.2, 0.25) is 7.37 Å². The van der Waals surface area contributed by atoms with Crippen LogP contribution in [0.25, 0.3) is 0 Å². The Kier molecular flexibility index (Phi) is 4.15. The van der Waals surface area contributed by atoms with Gasteiger partial charge in [0.1, 0.15) is 0 Å². The molecule has 3 aliphatic carbocycles. The first kappa shape index (κ1) is 13.2. The molecule has 2 nitrogen and oxygen atoms in total. The van der Waals surface area contributed by atoms with E-state index in [1.807, 2.05) is 0 Å². The van der Waals surface area contributed by atoms with Crippen molar-refractivity contribution in [3.63, 3.8) is 0 Å². The van der Waals surface area contributed by atoms with Gasteiger partial charge in [0, 0.05) is 11.3 Å². The minimum absolute atomic E-state index is 0.331. The molecule has 18 heavy (non-hydrogen) atoms. The number of hydrogen-bond acceptors (Lipinski definition) is 2. The van der Waals surface area contributed by atoms with E-state index in [-0.39, 0.29) is 0 Å². The average Bonchev–Trinajstić information content (AvgIpc) is 3.13. The summed E-state index contributed by atoms with van der Waals surface area (Å²) in [6, 6.07) is 0. The minimum Gasteiger partial charge on any atom is -0.325 e. The molecule has 0 aromatic carbocycles. The summed E-state index contributed by atoms with van der Waals surface area (Å²) >= 11 is 0. The molecule has 0 atom stereocenters. The van der Waals surface area contributed by atoms with Crippen molar-refractivity contribution in [2.24, 2.45) is 0 Å². The Balaban J connectivity index is 1.74. The summed E-state index contributed by atoms with van der Waals surface area (Å²) in [5.74, 6) is 0. The van der Waals surface area contributed by atoms with E-state index in [9.17, 15) is 4.57 Å². The highest BCUT2D eigenvalue weighted by atomic mass is 31.2. The van der Waals surface area contributed by atoms with E-state index in [1.165, 1.54) is 64.2 Å². The first-order valence-electron chi connectivity index (χ1n) is 8.07. The van der Waals surface area contributed by atoms with E-state index in [2.05, 4.69) is 0 Å². The molecule has 3 aliphatic rings. The second-order valence-corrected chi connectivity index (χ2v) is 9.50. The van der Waals surface area contributed by atoms with Gasteiger partial charge in [-0.25, -0.2) is 0 Å². The molecule has 3 rings (SSSR count). The lowest BCUT2D eigenvalue weighted by molar-refractivity contribution is 0.203. The lowest BCUT2D eigenvalue weighted by Crippen LogP contribution is -2.20. The summed E-state index contributed by atoms with van der Waals surface area (Å²) in [6.45, 7) is 0. The van der Waals surface area contributed by atoms with Crippen LogP contribution in [-0.2, 0) is 9.09 Å². The summed E-state index contributed by atoms with van der Waals surface area (Å²) in [5.41, 5.74) is 0.836. The molecule has 0 aromatic heterocycles. The molecule has 0 aromatic rings. The van der Waals surface area contributed by atoms with Crippen molar-refractivity contribution in [3.8, 4) is 0 Å². The molecule has 0 radical (unpaired) electrons. The molecule has 0 spiro atoms. The van der Waals surface area contributed by atoms with Crippen LogP contribution in [0.3, 0.4) is 0 Å². The first-order valence-corrected chi connectivity index (χ1v) is 9.83. The van der Waals surface area contributed by atoms with E-state index >= 15 is 0 Å². The molecule has 3 fully saturated rings. The monoisotopic (exact) mass is 270 g/mol. The van der Waals surface area contributed by atoms with Gasteiger partial charge in [0.25, 0.3) is 0 Å². The average molecular weight is 270 g/mol. The first-order chi connectivity index (χ1) is 8.79. The minimum atomic E-state index is -2.36. The zero-order chi connectivity index (χ0) is 12.4. The van der Waals surface area contributed by atoms with Crippen LogP contribution in [0.4, 0.5) is 0 Å². The smallest absolute Gasteiger partial charge is 0.209 e. The number of rotatable bonds is 4. The maximum absolute atomic E-state index is 13.6. The fourth-order valence-electron chi connectivity index (χ4n) is 4.23. The Hall–Kier alpha value is 0.190. The van der Waals surface area contributed by atoms with Crippen LogP contribution in [-0.4, -0.2) is 17.4 Å². The van der Waals surface area contributed by atoms with Crippen molar-refractivity contribution < 1.29 is 9.09 Å². The van der Waals surface area contributed by atoms with E-state index in [1.54, 1.807) is 0 Å². The maximum atomic E-state index is 13.6. The van der Waals surface area contributed by atoms with E-state index in [0.29, 0.717) is 17.4 Å². The third-order valence-corrected chi connectivity index (χ3v) is 8.98. The second-order valence-electron chi connectivity index (χ2n) is 6.53. The van der Waals surface area contributed by atoms with Crippen LogP contribution >= 0.6 is 7.37 Å². The number of hydrogen-bond donors (Lipinski definition) is 0. The van der Waals surface area contributed by atoms with Crippen LogP contribution in [0.5, 0.6) is 0 Å². The van der Waals surface area contributed by atoms with Crippen molar-refractivity contribution >= 4 is 7.37 Å². The summed E-state index contributed by atoms with van der Waals surface area (Å²) in [4.78, 5) is 0. The highest BCUT2D eigenvalue weighted by Crippen LogP contribution is 2.65. The van der Waals surface area contributed by atoms with Crippen LogP contribution in [0.2, 0.25) is 0 Å². The Morgan fingerprint density at radius 1 is 0.667 bits per heavy atom. The largest absolute Gasteiger partial charge is 0.325 e. The Morgan fingerprint density at radius 3 is 1.50 bits per heavy atom. The van der Waals surface area contributed by atoms with E-state index < -0.39 is 7.37 Å². The molecule has 0 amide bonds. The van der Waals surface area contributed by atoms with Gasteiger partial charge < -0.3 is 4.52 Å². The van der Waals surface area contributed by atoms with Gasteiger partial charge in [-0.05, 0) is 38.5 Å². The highest BCUT2D eigenvalue weighted by Gasteiger charge is 2.45. The van der Waals surface area contributed by atoms with E-state index in [0.717, 1.165) is 12.8 Å². The van der Waals surface area contributed by atoms with Gasteiger partial charge in [-0.1, -0.05) is 38.5 Å². The Bertz CT molecular complexity index is 290. The zero-order valence-corrected chi connectivity index (χ0v) is 12.4. The van der Waals surface area contributed by atoms with Crippen molar-refractivity contribution in [2.45, 2.75) is 94.5 Å². The second kappa shape index (κ2) is 5.67. The van der Waals surface area contributed by atoms with Crippen LogP contribution < -0.4 is 0 Å². The van der Waals surface area contributed by atoms with Crippen molar-refractivity contribution in [1.82, 2.24) is 0 Å². The predicted molar refractivity (Wildman–Crippen MR) is 75.5 cm³/mol. The highest BCUT2D eigenvalue weighted by molar-refractivity contribution is 7.60. The molecule has 0 aliphatic heterocycles. The summed E-state index contributed by atoms with van der Waals surface area (Å²) in [5, 5.41) is 0. The van der Waals surface area contributed by atoms with Gasteiger partial charge in [0.05, 0.1) is 6.10 Å². The third kappa shape index (κ3) is 2.56. The molecule has 0 bridgehead atoms. The summed E-state index contributed by atoms with van der Waals surface area (Å²) in [7, 11) is -2.36. The Morgan fingerprint density at radius 2 is 1.06 bits per heavy atom. The predicted octanol–water partition coefficient (Wildman–Crippen LogP) is 5.11. The molecule has 0 N–H and O–H groups in total. The normalized spacial score (nSPS) is 28.4. The van der Waals surface area contributed by atoms with Crippen LogP contribution in [0, 0.1) is 0 Å². The molecule has 0 saturated heterocycles. The molecular weight excluding hydrogens is 243 g/mol. The zero-order valence-electron chi connectivity index (χ0n) is 11.5. The van der Waals surface area contributed by atoms with Crippen LogP contribution in [0.15, 0.2) is 0 Å². The lowest BCUT2D eigenvalue weighted by Gasteiger charge is -2.32.